The number of carbonyl (C=O) groups is 3. The summed E-state index contributed by atoms with van der Waals surface area (Å²) in [6.07, 6.45) is -7.43. The van der Waals surface area contributed by atoms with Crippen molar-refractivity contribution in [3.63, 3.8) is 0 Å². The van der Waals surface area contributed by atoms with E-state index in [4.69, 9.17) is 23.7 Å². The fraction of sp³-hybridized carbons (Fsp3) is 0.459. The molecule has 294 valence electrons. The Hall–Kier alpha value is -5.06. The van der Waals surface area contributed by atoms with Crippen LogP contribution >= 0.6 is 0 Å². The largest absolute Gasteiger partial charge is 0.573 e. The van der Waals surface area contributed by atoms with Crippen LogP contribution in [-0.2, 0) is 42.8 Å². The van der Waals surface area contributed by atoms with Crippen LogP contribution in [0.1, 0.15) is 60.3 Å². The van der Waals surface area contributed by atoms with Crippen molar-refractivity contribution in [2.75, 3.05) is 27.1 Å². The summed E-state index contributed by atoms with van der Waals surface area (Å²) in [6.45, 7) is 2.73. The summed E-state index contributed by atoms with van der Waals surface area (Å²) in [5, 5.41) is 2.64. The number of hydrogen-bond acceptors (Lipinski definition) is 10. The summed E-state index contributed by atoms with van der Waals surface area (Å²) in [5.41, 5.74) is 0.141. The highest BCUT2D eigenvalue weighted by molar-refractivity contribution is 5.98. The molecule has 4 rings (SSSR count). The SMILES string of the molecule is CCOCC(=O)OCOc1c(OC)ccnc1C(=O)N[C@H]1CCC[C@H](Cc2ccc(C(F)(F)F)cc2)[C@@H](Cc2ccc(OC(F)(F)F)cc2)[C@H](C)OC1=O. The second-order valence-corrected chi connectivity index (χ2v) is 12.4. The molecule has 11 nitrogen and oxygen atoms in total. The van der Waals surface area contributed by atoms with Gasteiger partial charge in [0.25, 0.3) is 5.91 Å². The Bertz CT molecular complexity index is 1700. The molecule has 0 radical (unpaired) electrons. The van der Waals surface area contributed by atoms with Gasteiger partial charge in [0.15, 0.2) is 17.2 Å². The quantitative estimate of drug-likeness (QED) is 0.105. The lowest BCUT2D eigenvalue weighted by molar-refractivity contribution is -0.274. The molecule has 0 unspecified atom stereocenters. The lowest BCUT2D eigenvalue weighted by Gasteiger charge is -2.31. The number of halogens is 6. The van der Waals surface area contributed by atoms with Crippen molar-refractivity contribution in [3.8, 4) is 17.2 Å². The number of cyclic esters (lactones) is 1. The van der Waals surface area contributed by atoms with Gasteiger partial charge in [-0.1, -0.05) is 30.7 Å². The molecule has 2 aromatic carbocycles. The highest BCUT2D eigenvalue weighted by atomic mass is 19.4. The Labute approximate surface area is 307 Å². The van der Waals surface area contributed by atoms with E-state index in [1.807, 2.05) is 0 Å². The van der Waals surface area contributed by atoms with Crippen LogP contribution in [0.25, 0.3) is 0 Å². The molecule has 2 heterocycles. The molecule has 1 aliphatic heterocycles. The third kappa shape index (κ3) is 12.2. The van der Waals surface area contributed by atoms with Crippen LogP contribution < -0.4 is 19.5 Å². The molecule has 17 heteroatoms. The molecular weight excluding hydrogens is 730 g/mol. The Kier molecular flexibility index (Phi) is 14.5. The number of pyridine rings is 1. The lowest BCUT2D eigenvalue weighted by atomic mass is 9.77. The van der Waals surface area contributed by atoms with Crippen LogP contribution in [-0.4, -0.2) is 68.5 Å². The lowest BCUT2D eigenvalue weighted by Crippen LogP contribution is -2.43. The second kappa shape index (κ2) is 18.8. The minimum atomic E-state index is -4.88. The third-order valence-electron chi connectivity index (χ3n) is 8.73. The van der Waals surface area contributed by atoms with Crippen molar-refractivity contribution in [1.82, 2.24) is 10.3 Å². The maximum absolute atomic E-state index is 13.6. The van der Waals surface area contributed by atoms with Crippen LogP contribution in [0.5, 0.6) is 17.2 Å². The summed E-state index contributed by atoms with van der Waals surface area (Å²) in [5.74, 6) is -3.49. The van der Waals surface area contributed by atoms with E-state index in [1.165, 1.54) is 55.8 Å². The van der Waals surface area contributed by atoms with Gasteiger partial charge in [0.2, 0.25) is 6.79 Å². The van der Waals surface area contributed by atoms with Crippen LogP contribution in [0, 0.1) is 11.8 Å². The van der Waals surface area contributed by atoms with E-state index in [0.717, 1.165) is 12.1 Å². The van der Waals surface area contributed by atoms with Gasteiger partial charge in [-0.2, -0.15) is 13.2 Å². The molecule has 4 atom stereocenters. The molecule has 1 saturated heterocycles. The minimum Gasteiger partial charge on any atom is -0.493 e. The van der Waals surface area contributed by atoms with E-state index < -0.39 is 66.6 Å². The van der Waals surface area contributed by atoms with Crippen LogP contribution in [0.15, 0.2) is 60.8 Å². The third-order valence-corrected chi connectivity index (χ3v) is 8.73. The minimum absolute atomic E-state index is 0.0913. The number of benzene rings is 2. The first-order valence-corrected chi connectivity index (χ1v) is 17.0. The average molecular weight is 771 g/mol. The first-order chi connectivity index (χ1) is 25.6. The number of hydrogen-bond donors (Lipinski definition) is 1. The Morgan fingerprint density at radius 3 is 2.24 bits per heavy atom. The van der Waals surface area contributed by atoms with Crippen molar-refractivity contribution in [2.45, 2.75) is 70.6 Å². The highest BCUT2D eigenvalue weighted by Gasteiger charge is 2.36. The molecular formula is C37H40F6N2O9. The maximum Gasteiger partial charge on any atom is 0.573 e. The number of alkyl halides is 6. The van der Waals surface area contributed by atoms with Gasteiger partial charge in [0, 0.05) is 24.8 Å². The van der Waals surface area contributed by atoms with Gasteiger partial charge in [-0.15, -0.1) is 13.2 Å². The number of aromatic nitrogens is 1. The van der Waals surface area contributed by atoms with Crippen LogP contribution in [0.3, 0.4) is 0 Å². The number of methoxy groups -OCH3 is 1. The van der Waals surface area contributed by atoms with Gasteiger partial charge >= 0.3 is 24.5 Å². The molecule has 54 heavy (non-hydrogen) atoms. The average Bonchev–Trinajstić information content (AvgIpc) is 3.16. The Morgan fingerprint density at radius 1 is 0.944 bits per heavy atom. The first kappa shape index (κ1) is 41.7. The fourth-order valence-corrected chi connectivity index (χ4v) is 6.10. The summed E-state index contributed by atoms with van der Waals surface area (Å²) in [4.78, 5) is 43.1. The van der Waals surface area contributed by atoms with E-state index in [2.05, 4.69) is 15.0 Å². The fourth-order valence-electron chi connectivity index (χ4n) is 6.10. The number of rotatable bonds is 14. The monoisotopic (exact) mass is 770 g/mol. The summed E-state index contributed by atoms with van der Waals surface area (Å²) < 4.78 is 109. The molecule has 1 fully saturated rings. The number of amides is 1. The molecule has 1 amide bonds. The van der Waals surface area contributed by atoms with Crippen molar-refractivity contribution in [1.29, 1.82) is 0 Å². The van der Waals surface area contributed by atoms with Gasteiger partial charge in [-0.05, 0) is 80.8 Å². The molecule has 0 bridgehead atoms. The van der Waals surface area contributed by atoms with Crippen LogP contribution in [0.2, 0.25) is 0 Å². The molecule has 1 aliphatic rings. The van der Waals surface area contributed by atoms with Gasteiger partial charge in [0.1, 0.15) is 24.5 Å². The zero-order chi connectivity index (χ0) is 39.5. The topological polar surface area (TPSA) is 132 Å². The van der Waals surface area contributed by atoms with E-state index in [1.54, 1.807) is 13.8 Å². The number of esters is 2. The highest BCUT2D eigenvalue weighted by Crippen LogP contribution is 2.35. The second-order valence-electron chi connectivity index (χ2n) is 12.4. The Morgan fingerprint density at radius 2 is 1.61 bits per heavy atom. The number of nitrogens with zero attached hydrogens (tertiary/aromatic N) is 1. The van der Waals surface area contributed by atoms with Gasteiger partial charge in [0.05, 0.1) is 12.7 Å². The van der Waals surface area contributed by atoms with Gasteiger partial charge < -0.3 is 33.7 Å². The normalized spacial score (nSPS) is 19.4. The van der Waals surface area contributed by atoms with Crippen LogP contribution in [0.4, 0.5) is 26.3 Å². The number of carbonyl (C=O) groups excluding carboxylic acids is 3. The predicted octanol–water partition coefficient (Wildman–Crippen LogP) is 6.86. The number of nitrogens with one attached hydrogen (secondary N) is 1. The summed E-state index contributed by atoms with van der Waals surface area (Å²) >= 11 is 0. The van der Waals surface area contributed by atoms with Crippen molar-refractivity contribution >= 4 is 17.8 Å². The van der Waals surface area contributed by atoms with Crippen molar-refractivity contribution in [3.05, 3.63) is 83.2 Å². The van der Waals surface area contributed by atoms with E-state index in [-0.39, 0.29) is 49.2 Å². The first-order valence-electron chi connectivity index (χ1n) is 17.0. The number of ether oxygens (including phenoxy) is 6. The molecule has 0 saturated carbocycles. The van der Waals surface area contributed by atoms with Gasteiger partial charge in [-0.3, -0.25) is 4.79 Å². The standard InChI is InChI=1S/C37H40F6N2O9/c1-4-50-20-31(46)51-21-52-33-30(49-3)16-17-44-32(33)34(47)45-29-7-5-6-25(18-23-8-12-26(13-9-23)36(38,39)40)28(22(2)53-35(29)48)19-24-10-14-27(15-11-24)54-37(41,42)43/h8-17,22,25,28-29H,4-7,18-21H2,1-3H3,(H,45,47)/t22-,25+,28-,29-/m0/s1. The molecule has 1 aromatic heterocycles. The zero-order valence-corrected chi connectivity index (χ0v) is 29.6. The molecule has 0 aliphatic carbocycles. The van der Waals surface area contributed by atoms with E-state index in [9.17, 15) is 40.7 Å². The maximum atomic E-state index is 13.6. The Balaban J connectivity index is 1.55. The predicted molar refractivity (Wildman–Crippen MR) is 178 cm³/mol. The summed E-state index contributed by atoms with van der Waals surface area (Å²) in [6, 6.07) is 10.3. The molecule has 0 spiro atoms. The van der Waals surface area contributed by atoms with E-state index in [0.29, 0.717) is 30.4 Å². The van der Waals surface area contributed by atoms with Crippen molar-refractivity contribution in [2.24, 2.45) is 11.8 Å². The zero-order valence-electron chi connectivity index (χ0n) is 29.6. The van der Waals surface area contributed by atoms with Crippen molar-refractivity contribution < 1.29 is 69.1 Å². The van der Waals surface area contributed by atoms with E-state index >= 15 is 0 Å². The molecule has 3 aromatic rings. The summed E-state index contributed by atoms with van der Waals surface area (Å²) in [7, 11) is 1.32. The molecule has 1 N–H and O–H groups in total. The van der Waals surface area contributed by atoms with Gasteiger partial charge in [-0.25, -0.2) is 14.6 Å². The smallest absolute Gasteiger partial charge is 0.493 e.